The second-order valence-corrected chi connectivity index (χ2v) is 10.6. The van der Waals surface area contributed by atoms with Crippen LogP contribution in [0.25, 0.3) is 11.0 Å². The van der Waals surface area contributed by atoms with Crippen LogP contribution in [0.1, 0.15) is 38.5 Å². The van der Waals surface area contributed by atoms with Crippen molar-refractivity contribution < 1.29 is 37.4 Å². The molecule has 1 saturated heterocycles. The Labute approximate surface area is 246 Å². The molecule has 222 valence electrons. The van der Waals surface area contributed by atoms with Gasteiger partial charge in [-0.15, -0.1) is 0 Å². The van der Waals surface area contributed by atoms with Gasteiger partial charge in [0.05, 0.1) is 13.2 Å². The zero-order valence-corrected chi connectivity index (χ0v) is 23.6. The molecule has 6 rings (SSSR count). The number of nitrogens with one attached hydrogen (secondary N) is 2. The fourth-order valence-electron chi connectivity index (χ4n) is 5.49. The van der Waals surface area contributed by atoms with Crippen molar-refractivity contribution in [2.24, 2.45) is 0 Å². The van der Waals surface area contributed by atoms with Crippen LogP contribution in [0.4, 0.5) is 4.39 Å². The second kappa shape index (κ2) is 11.7. The third kappa shape index (κ3) is 5.83. The number of halogens is 1. The Kier molecular flexibility index (Phi) is 7.62. The summed E-state index contributed by atoms with van der Waals surface area (Å²) in [5.41, 5.74) is 2.13. The van der Waals surface area contributed by atoms with Gasteiger partial charge in [-0.25, -0.2) is 4.39 Å². The first-order chi connectivity index (χ1) is 20.8. The molecule has 10 nitrogen and oxygen atoms in total. The van der Waals surface area contributed by atoms with E-state index in [0.29, 0.717) is 29.9 Å². The maximum atomic E-state index is 14.6. The Morgan fingerprint density at radius 2 is 1.93 bits per heavy atom. The highest BCUT2D eigenvalue weighted by Crippen LogP contribution is 2.30. The maximum absolute atomic E-state index is 14.6. The van der Waals surface area contributed by atoms with Crippen molar-refractivity contribution in [2.75, 3.05) is 26.8 Å². The average molecular weight is 588 g/mol. The zero-order chi connectivity index (χ0) is 30.1. The average Bonchev–Trinajstić information content (AvgIpc) is 3.34. The Morgan fingerprint density at radius 1 is 1.09 bits per heavy atom. The molecular weight excluding hydrogens is 557 g/mol. The number of hydrogen-bond donors (Lipinski definition) is 2. The summed E-state index contributed by atoms with van der Waals surface area (Å²) < 4.78 is 37.8. The molecule has 0 spiro atoms. The van der Waals surface area contributed by atoms with E-state index in [-0.39, 0.29) is 48.4 Å². The van der Waals surface area contributed by atoms with Crippen molar-refractivity contribution >= 4 is 28.7 Å². The Bertz CT molecular complexity index is 1720. The number of carbonyl (C=O) groups excluding carboxylic acids is 3. The Balaban J connectivity index is 1.30. The van der Waals surface area contributed by atoms with Crippen LogP contribution < -0.4 is 24.8 Å². The first-order valence-corrected chi connectivity index (χ1v) is 13.9. The number of furan rings is 1. The molecule has 0 saturated carbocycles. The van der Waals surface area contributed by atoms with E-state index in [1.807, 2.05) is 31.2 Å². The van der Waals surface area contributed by atoms with Gasteiger partial charge in [-0.2, -0.15) is 0 Å². The summed E-state index contributed by atoms with van der Waals surface area (Å²) >= 11 is 0. The van der Waals surface area contributed by atoms with Crippen molar-refractivity contribution in [1.29, 1.82) is 0 Å². The zero-order valence-electron chi connectivity index (χ0n) is 23.6. The summed E-state index contributed by atoms with van der Waals surface area (Å²) in [7, 11) is 1.45. The topological polar surface area (TPSA) is 119 Å². The first-order valence-electron chi connectivity index (χ1n) is 13.9. The van der Waals surface area contributed by atoms with Gasteiger partial charge in [-0.3, -0.25) is 14.4 Å². The fourth-order valence-corrected chi connectivity index (χ4v) is 5.49. The van der Waals surface area contributed by atoms with E-state index < -0.39 is 29.8 Å². The lowest BCUT2D eigenvalue weighted by atomic mass is 10.0. The number of piperidine rings is 1. The number of benzene rings is 3. The number of likely N-dealkylation sites (tertiary alicyclic amines) is 1. The van der Waals surface area contributed by atoms with E-state index in [1.54, 1.807) is 23.1 Å². The summed E-state index contributed by atoms with van der Waals surface area (Å²) in [6, 6.07) is 15.6. The predicted octanol–water partition coefficient (Wildman–Crippen LogP) is 3.99. The lowest BCUT2D eigenvalue weighted by molar-refractivity contribution is -0.125. The number of fused-ring (bicyclic) bond motifs is 6. The third-order valence-corrected chi connectivity index (χ3v) is 7.68. The summed E-state index contributed by atoms with van der Waals surface area (Å²) in [5, 5.41) is 6.56. The number of ether oxygens (including phenoxy) is 3. The van der Waals surface area contributed by atoms with Gasteiger partial charge in [0.1, 0.15) is 23.3 Å². The minimum atomic E-state index is -0.647. The molecule has 3 heterocycles. The molecule has 4 bridgehead atoms. The van der Waals surface area contributed by atoms with Crippen molar-refractivity contribution in [3.63, 3.8) is 0 Å². The molecule has 3 amide bonds. The van der Waals surface area contributed by atoms with Gasteiger partial charge >= 0.3 is 0 Å². The van der Waals surface area contributed by atoms with Crippen molar-refractivity contribution in [1.82, 2.24) is 15.5 Å². The van der Waals surface area contributed by atoms with Crippen LogP contribution in [0.3, 0.4) is 0 Å². The Hall–Kier alpha value is -5.06. The lowest BCUT2D eigenvalue weighted by Gasteiger charge is -2.38. The van der Waals surface area contributed by atoms with Crippen molar-refractivity contribution in [2.45, 2.75) is 32.0 Å². The molecule has 0 aliphatic carbocycles. The van der Waals surface area contributed by atoms with E-state index in [4.69, 9.17) is 18.6 Å². The smallest absolute Gasteiger partial charge is 0.289 e. The standard InChI is InChI=1S/C32H30FN3O7/c1-18-23-5-3-4-6-25(23)43-30(18)32(39)36-10-9-26-24(16-36)35-29(37)17-41-28-13-20(7-8-27(28)40-2)31(38)34-15-19-11-21(33)14-22(12-19)42-26/h3-8,11-14,24,26H,9-10,15-17H2,1-2H3,(H,34,38)(H,35,37)/t24-,26+/m1/s1. The van der Waals surface area contributed by atoms with Crippen molar-refractivity contribution in [3.8, 4) is 17.2 Å². The minimum absolute atomic E-state index is 0.0547. The molecule has 11 heteroatoms. The highest BCUT2D eigenvalue weighted by Gasteiger charge is 2.36. The molecule has 0 unspecified atom stereocenters. The van der Waals surface area contributed by atoms with Gasteiger partial charge in [0.15, 0.2) is 23.9 Å². The van der Waals surface area contributed by atoms with E-state index in [2.05, 4.69) is 10.6 Å². The number of hydrogen-bond acceptors (Lipinski definition) is 7. The van der Waals surface area contributed by atoms with Gasteiger partial charge in [-0.1, -0.05) is 18.2 Å². The van der Waals surface area contributed by atoms with E-state index in [1.165, 1.54) is 25.3 Å². The highest BCUT2D eigenvalue weighted by molar-refractivity contribution is 5.99. The first kappa shape index (κ1) is 28.1. The largest absolute Gasteiger partial charge is 0.493 e. The summed E-state index contributed by atoms with van der Waals surface area (Å²) in [5.74, 6) is -0.671. The molecule has 4 aromatic rings. The number of aryl methyl sites for hydroxylation is 1. The molecule has 2 aliphatic heterocycles. The molecular formula is C32H30FN3O7. The number of amides is 3. The third-order valence-electron chi connectivity index (χ3n) is 7.68. The van der Waals surface area contributed by atoms with Gasteiger partial charge in [0.25, 0.3) is 17.7 Å². The quantitative estimate of drug-likeness (QED) is 0.364. The maximum Gasteiger partial charge on any atom is 0.289 e. The number of nitrogens with zero attached hydrogens (tertiary/aromatic N) is 1. The fraction of sp³-hybridized carbons (Fsp3) is 0.281. The number of rotatable bonds is 2. The molecule has 0 radical (unpaired) electrons. The summed E-state index contributed by atoms with van der Waals surface area (Å²) in [6.45, 7) is 1.96. The monoisotopic (exact) mass is 587 g/mol. The molecule has 2 N–H and O–H groups in total. The Morgan fingerprint density at radius 3 is 2.74 bits per heavy atom. The molecule has 2 atom stereocenters. The number of carbonyl (C=O) groups is 3. The molecule has 3 aromatic carbocycles. The van der Waals surface area contributed by atoms with Gasteiger partial charge in [0, 0.05) is 48.6 Å². The summed E-state index contributed by atoms with van der Waals surface area (Å²) in [4.78, 5) is 41.2. The van der Waals surface area contributed by atoms with E-state index >= 15 is 0 Å². The predicted molar refractivity (Wildman–Crippen MR) is 154 cm³/mol. The second-order valence-electron chi connectivity index (χ2n) is 10.6. The van der Waals surface area contributed by atoms with Crippen LogP contribution >= 0.6 is 0 Å². The number of para-hydroxylation sites is 1. The van der Waals surface area contributed by atoms with Gasteiger partial charge in [-0.05, 0) is 48.9 Å². The SMILES string of the molecule is COc1ccc2cc1OCC(=O)N[C@@H]1CN(C(=O)c3oc4ccccc4c3C)CC[C@@H]1Oc1cc(F)cc(c1)CNC2=O. The molecule has 43 heavy (non-hydrogen) atoms. The van der Waals surface area contributed by atoms with Crippen LogP contribution in [-0.2, 0) is 11.3 Å². The van der Waals surface area contributed by atoms with E-state index in [9.17, 15) is 18.8 Å². The van der Waals surface area contributed by atoms with Crippen LogP contribution in [0.15, 0.2) is 65.1 Å². The molecule has 2 aliphatic rings. The number of methoxy groups -OCH3 is 1. The van der Waals surface area contributed by atoms with Crippen LogP contribution in [0.5, 0.6) is 17.2 Å². The van der Waals surface area contributed by atoms with E-state index in [0.717, 1.165) is 10.9 Å². The van der Waals surface area contributed by atoms with Crippen LogP contribution in [0, 0.1) is 12.7 Å². The van der Waals surface area contributed by atoms with Gasteiger partial charge < -0.3 is 34.2 Å². The van der Waals surface area contributed by atoms with Crippen LogP contribution in [-0.4, -0.2) is 61.6 Å². The van der Waals surface area contributed by atoms with Gasteiger partial charge in [0.2, 0.25) is 0 Å². The highest BCUT2D eigenvalue weighted by atomic mass is 19.1. The minimum Gasteiger partial charge on any atom is -0.493 e. The summed E-state index contributed by atoms with van der Waals surface area (Å²) in [6.07, 6.45) is -0.227. The van der Waals surface area contributed by atoms with Crippen LogP contribution in [0.2, 0.25) is 0 Å². The lowest BCUT2D eigenvalue weighted by Crippen LogP contribution is -2.58. The molecule has 1 aromatic heterocycles. The normalized spacial score (nSPS) is 19.0. The molecule has 1 fully saturated rings. The van der Waals surface area contributed by atoms with Crippen molar-refractivity contribution in [3.05, 3.63) is 88.9 Å².